The summed E-state index contributed by atoms with van der Waals surface area (Å²) in [5.41, 5.74) is -0.234. The lowest BCUT2D eigenvalue weighted by Gasteiger charge is -2.27. The maximum absolute atomic E-state index is 13.8. The van der Waals surface area contributed by atoms with Crippen LogP contribution in [0.2, 0.25) is 0 Å². The highest BCUT2D eigenvalue weighted by Gasteiger charge is 2.39. The van der Waals surface area contributed by atoms with Crippen LogP contribution in [0.5, 0.6) is 0 Å². The van der Waals surface area contributed by atoms with E-state index < -0.39 is 17.8 Å². The van der Waals surface area contributed by atoms with Crippen LogP contribution < -0.4 is 5.32 Å². The molecule has 10 heteroatoms. The molecule has 1 saturated carbocycles. The number of rotatable bonds is 4. The fourth-order valence-electron chi connectivity index (χ4n) is 4.17. The molecule has 33 heavy (non-hydrogen) atoms. The molecule has 0 unspecified atom stereocenters. The molecule has 0 bridgehead atoms. The van der Waals surface area contributed by atoms with Gasteiger partial charge in [-0.3, -0.25) is 0 Å². The first-order valence-electron chi connectivity index (χ1n) is 10.4. The van der Waals surface area contributed by atoms with E-state index in [1.807, 2.05) is 0 Å². The molecule has 2 N–H and O–H groups in total. The SMILES string of the molecule is COC(=O)c1cccc2c1c(C(F)(F)F)nn2-c1ccc(C#N)c(NC2CCC(O)CC2)c1. The molecule has 1 fully saturated rings. The van der Waals surface area contributed by atoms with Gasteiger partial charge in [-0.1, -0.05) is 6.07 Å². The second-order valence-electron chi connectivity index (χ2n) is 7.94. The first kappa shape index (κ1) is 22.6. The number of benzene rings is 2. The summed E-state index contributed by atoms with van der Waals surface area (Å²) < 4.78 is 47.3. The molecule has 172 valence electrons. The Morgan fingerprint density at radius 3 is 2.61 bits per heavy atom. The summed E-state index contributed by atoms with van der Waals surface area (Å²) in [6.07, 6.45) is -2.46. The van der Waals surface area contributed by atoms with E-state index in [2.05, 4.69) is 21.2 Å². The van der Waals surface area contributed by atoms with Crippen LogP contribution >= 0.6 is 0 Å². The molecule has 7 nitrogen and oxygen atoms in total. The summed E-state index contributed by atoms with van der Waals surface area (Å²) in [5, 5.41) is 26.0. The molecular formula is C23H21F3N4O3. The van der Waals surface area contributed by atoms with Crippen molar-refractivity contribution in [1.29, 1.82) is 5.26 Å². The molecule has 0 aliphatic heterocycles. The second kappa shape index (κ2) is 8.75. The second-order valence-corrected chi connectivity index (χ2v) is 7.94. The van der Waals surface area contributed by atoms with Crippen LogP contribution in [0.25, 0.3) is 16.6 Å². The van der Waals surface area contributed by atoms with Gasteiger partial charge in [0.25, 0.3) is 0 Å². The fraction of sp³-hybridized carbons (Fsp3) is 0.348. The molecule has 0 spiro atoms. The van der Waals surface area contributed by atoms with Crippen molar-refractivity contribution in [2.24, 2.45) is 0 Å². The number of hydrogen-bond acceptors (Lipinski definition) is 6. The van der Waals surface area contributed by atoms with Crippen LogP contribution in [0, 0.1) is 11.3 Å². The van der Waals surface area contributed by atoms with E-state index in [9.17, 15) is 28.3 Å². The Balaban J connectivity index is 1.84. The Kier molecular flexibility index (Phi) is 5.99. The van der Waals surface area contributed by atoms with Crippen LogP contribution in [0.4, 0.5) is 18.9 Å². The van der Waals surface area contributed by atoms with Crippen molar-refractivity contribution in [2.45, 2.75) is 44.0 Å². The number of fused-ring (bicyclic) bond motifs is 1. The number of aromatic nitrogens is 2. The molecule has 0 atom stereocenters. The maximum atomic E-state index is 13.8. The van der Waals surface area contributed by atoms with Gasteiger partial charge < -0.3 is 15.2 Å². The van der Waals surface area contributed by atoms with Crippen molar-refractivity contribution in [2.75, 3.05) is 12.4 Å². The van der Waals surface area contributed by atoms with Crippen molar-refractivity contribution in [3.05, 3.63) is 53.2 Å². The number of aliphatic hydroxyl groups is 1. The highest BCUT2D eigenvalue weighted by molar-refractivity contribution is 6.05. The summed E-state index contributed by atoms with van der Waals surface area (Å²) in [6, 6.07) is 10.9. The number of carbonyl (C=O) groups is 1. The quantitative estimate of drug-likeness (QED) is 0.562. The lowest BCUT2D eigenvalue weighted by atomic mass is 9.93. The number of carbonyl (C=O) groups excluding carboxylic acids is 1. The summed E-state index contributed by atoms with van der Waals surface area (Å²) in [7, 11) is 1.10. The predicted octanol–water partition coefficient (Wildman–Crippen LogP) is 4.42. The number of alkyl halides is 3. The summed E-state index contributed by atoms with van der Waals surface area (Å²) in [4.78, 5) is 12.1. The van der Waals surface area contributed by atoms with Gasteiger partial charge in [0.05, 0.1) is 41.2 Å². The van der Waals surface area contributed by atoms with Crippen molar-refractivity contribution in [3.8, 4) is 11.8 Å². The number of methoxy groups -OCH3 is 1. The van der Waals surface area contributed by atoms with Gasteiger partial charge in [-0.05, 0) is 56.0 Å². The number of nitrogens with one attached hydrogen (secondary N) is 1. The van der Waals surface area contributed by atoms with Crippen molar-refractivity contribution in [3.63, 3.8) is 0 Å². The van der Waals surface area contributed by atoms with E-state index >= 15 is 0 Å². The number of halogens is 3. The number of hydrogen-bond donors (Lipinski definition) is 2. The number of ether oxygens (including phenoxy) is 1. The topological polar surface area (TPSA) is 100 Å². The largest absolute Gasteiger partial charge is 0.465 e. The van der Waals surface area contributed by atoms with Crippen LogP contribution in [0.3, 0.4) is 0 Å². The molecule has 1 aromatic heterocycles. The number of nitrogens with zero attached hydrogens (tertiary/aromatic N) is 3. The van der Waals surface area contributed by atoms with E-state index in [0.29, 0.717) is 42.6 Å². The molecule has 1 heterocycles. The summed E-state index contributed by atoms with van der Waals surface area (Å²) in [6.45, 7) is 0. The number of nitriles is 1. The third kappa shape index (κ3) is 4.36. The smallest absolute Gasteiger partial charge is 0.435 e. The number of aliphatic hydroxyl groups excluding tert-OH is 1. The van der Waals surface area contributed by atoms with Crippen molar-refractivity contribution in [1.82, 2.24) is 9.78 Å². The van der Waals surface area contributed by atoms with Gasteiger partial charge in [-0.2, -0.15) is 23.5 Å². The van der Waals surface area contributed by atoms with E-state index in [4.69, 9.17) is 0 Å². The van der Waals surface area contributed by atoms with Crippen LogP contribution in [-0.4, -0.2) is 40.1 Å². The Labute approximate surface area is 187 Å². The zero-order valence-corrected chi connectivity index (χ0v) is 17.7. The monoisotopic (exact) mass is 458 g/mol. The van der Waals surface area contributed by atoms with Crippen LogP contribution in [-0.2, 0) is 10.9 Å². The number of anilines is 1. The van der Waals surface area contributed by atoms with Gasteiger partial charge in [0.15, 0.2) is 5.69 Å². The third-order valence-electron chi connectivity index (χ3n) is 5.81. The lowest BCUT2D eigenvalue weighted by Crippen LogP contribution is -2.28. The molecule has 0 amide bonds. The normalized spacial score (nSPS) is 18.7. The maximum Gasteiger partial charge on any atom is 0.435 e. The zero-order chi connectivity index (χ0) is 23.8. The molecule has 0 radical (unpaired) electrons. The third-order valence-corrected chi connectivity index (χ3v) is 5.81. The minimum atomic E-state index is -4.80. The van der Waals surface area contributed by atoms with Crippen molar-refractivity contribution < 1.29 is 27.8 Å². The predicted molar refractivity (Wildman–Crippen MR) is 114 cm³/mol. The first-order valence-corrected chi connectivity index (χ1v) is 10.4. The molecule has 2 aromatic carbocycles. The molecule has 1 aliphatic rings. The van der Waals surface area contributed by atoms with E-state index in [0.717, 1.165) is 11.8 Å². The van der Waals surface area contributed by atoms with E-state index in [1.54, 1.807) is 6.07 Å². The van der Waals surface area contributed by atoms with E-state index in [1.165, 1.54) is 30.3 Å². The summed E-state index contributed by atoms with van der Waals surface area (Å²) in [5.74, 6) is -0.896. The Morgan fingerprint density at radius 1 is 1.24 bits per heavy atom. The van der Waals surface area contributed by atoms with Crippen LogP contribution in [0.15, 0.2) is 36.4 Å². The average molecular weight is 458 g/mol. The average Bonchev–Trinajstić information content (AvgIpc) is 3.20. The molecule has 4 rings (SSSR count). The van der Waals surface area contributed by atoms with Gasteiger partial charge in [0.2, 0.25) is 0 Å². The minimum absolute atomic E-state index is 0.0294. The van der Waals surface area contributed by atoms with Gasteiger partial charge in [-0.25, -0.2) is 9.48 Å². The highest BCUT2D eigenvalue weighted by Crippen LogP contribution is 2.37. The first-order chi connectivity index (χ1) is 15.7. The molecular weight excluding hydrogens is 437 g/mol. The summed E-state index contributed by atoms with van der Waals surface area (Å²) >= 11 is 0. The van der Waals surface area contributed by atoms with Gasteiger partial charge in [-0.15, -0.1) is 0 Å². The molecule has 1 aliphatic carbocycles. The molecule has 3 aromatic rings. The van der Waals surface area contributed by atoms with Gasteiger partial charge in [0.1, 0.15) is 6.07 Å². The Bertz CT molecular complexity index is 1240. The Hall–Kier alpha value is -3.58. The number of esters is 1. The van der Waals surface area contributed by atoms with Crippen LogP contribution in [0.1, 0.15) is 47.3 Å². The molecule has 0 saturated heterocycles. The lowest BCUT2D eigenvalue weighted by molar-refractivity contribution is -0.140. The van der Waals surface area contributed by atoms with Gasteiger partial charge >= 0.3 is 12.1 Å². The standard InChI is InChI=1S/C23H21F3N4O3/c1-33-22(32)17-3-2-4-19-20(17)21(23(24,25)26)29-30(19)15-8-5-13(12-27)18(11-15)28-14-6-9-16(31)10-7-14/h2-5,8,11,14,16,28,31H,6-7,9-10H2,1H3. The Morgan fingerprint density at radius 2 is 1.97 bits per heavy atom. The van der Waals surface area contributed by atoms with Crippen molar-refractivity contribution >= 4 is 22.6 Å². The highest BCUT2D eigenvalue weighted by atomic mass is 19.4. The zero-order valence-electron chi connectivity index (χ0n) is 17.7. The van der Waals surface area contributed by atoms with E-state index in [-0.39, 0.29) is 28.6 Å². The van der Waals surface area contributed by atoms with Gasteiger partial charge in [0, 0.05) is 11.4 Å². The fourth-order valence-corrected chi connectivity index (χ4v) is 4.17. The minimum Gasteiger partial charge on any atom is -0.465 e.